The summed E-state index contributed by atoms with van der Waals surface area (Å²) in [6.07, 6.45) is 4.94. The van der Waals surface area contributed by atoms with Crippen molar-refractivity contribution in [3.63, 3.8) is 0 Å². The van der Waals surface area contributed by atoms with Crippen LogP contribution in [-0.2, 0) is 0 Å². The number of hydrogen-bond acceptors (Lipinski definition) is 3. The second-order valence-corrected chi connectivity index (χ2v) is 4.71. The maximum atomic E-state index is 9.97. The zero-order chi connectivity index (χ0) is 11.8. The zero-order valence-corrected chi connectivity index (χ0v) is 9.71. The highest BCUT2D eigenvalue weighted by Gasteiger charge is 2.25. The van der Waals surface area contributed by atoms with E-state index in [9.17, 15) is 5.11 Å². The molecule has 1 atom stereocenters. The molecule has 17 heavy (non-hydrogen) atoms. The number of imidazole rings is 1. The summed E-state index contributed by atoms with van der Waals surface area (Å²) in [6, 6.07) is 5.88. The molecule has 0 aromatic carbocycles. The lowest BCUT2D eigenvalue weighted by molar-refractivity contribution is 0.179. The smallest absolute Gasteiger partial charge is 0.116 e. The first-order valence-electron chi connectivity index (χ1n) is 6.15. The van der Waals surface area contributed by atoms with Crippen molar-refractivity contribution in [1.82, 2.24) is 9.38 Å². The van der Waals surface area contributed by atoms with Crippen LogP contribution in [0.2, 0.25) is 0 Å². The summed E-state index contributed by atoms with van der Waals surface area (Å²) in [5.74, 6) is 1.62. The highest BCUT2D eigenvalue weighted by atomic mass is 16.3. The summed E-state index contributed by atoms with van der Waals surface area (Å²) in [5, 5.41) is 9.97. The Labute approximate surface area is 100 Å². The highest BCUT2D eigenvalue weighted by Crippen LogP contribution is 2.36. The monoisotopic (exact) mass is 231 g/mol. The van der Waals surface area contributed by atoms with Gasteiger partial charge in [-0.1, -0.05) is 12.5 Å². The second-order valence-electron chi connectivity index (χ2n) is 4.71. The summed E-state index contributed by atoms with van der Waals surface area (Å²) < 4.78 is 2.07. The maximum absolute atomic E-state index is 9.97. The van der Waals surface area contributed by atoms with Crippen LogP contribution in [0.5, 0.6) is 0 Å². The Morgan fingerprint density at radius 2 is 2.29 bits per heavy atom. The fourth-order valence-corrected chi connectivity index (χ4v) is 2.43. The molecule has 4 heteroatoms. The molecular weight excluding hydrogens is 214 g/mol. The first kappa shape index (κ1) is 10.7. The van der Waals surface area contributed by atoms with Gasteiger partial charge in [0.05, 0.1) is 17.4 Å². The van der Waals surface area contributed by atoms with E-state index in [1.165, 1.54) is 19.3 Å². The van der Waals surface area contributed by atoms with Gasteiger partial charge in [-0.15, -0.1) is 0 Å². The Balaban J connectivity index is 2.16. The maximum Gasteiger partial charge on any atom is 0.116 e. The van der Waals surface area contributed by atoms with Crippen LogP contribution in [-0.4, -0.2) is 21.0 Å². The van der Waals surface area contributed by atoms with Crippen molar-refractivity contribution >= 4 is 5.52 Å². The third-order valence-electron chi connectivity index (χ3n) is 3.64. The largest absolute Gasteiger partial charge is 0.386 e. The van der Waals surface area contributed by atoms with E-state index in [1.807, 2.05) is 24.4 Å². The van der Waals surface area contributed by atoms with Crippen molar-refractivity contribution < 1.29 is 5.11 Å². The van der Waals surface area contributed by atoms with Crippen molar-refractivity contribution in [2.45, 2.75) is 31.3 Å². The van der Waals surface area contributed by atoms with Crippen LogP contribution in [0.4, 0.5) is 0 Å². The fourth-order valence-electron chi connectivity index (χ4n) is 2.43. The predicted octanol–water partition coefficient (Wildman–Crippen LogP) is 1.59. The molecular formula is C13H17N3O. The molecule has 0 bridgehead atoms. The summed E-state index contributed by atoms with van der Waals surface area (Å²) in [4.78, 5) is 4.51. The summed E-state index contributed by atoms with van der Waals surface area (Å²) in [6.45, 7) is 0.238. The number of fused-ring (bicyclic) bond motifs is 1. The number of aromatic nitrogens is 2. The molecule has 0 spiro atoms. The van der Waals surface area contributed by atoms with Crippen LogP contribution >= 0.6 is 0 Å². The van der Waals surface area contributed by atoms with Gasteiger partial charge in [-0.25, -0.2) is 4.98 Å². The number of nitrogens with two attached hydrogens (primary N) is 1. The van der Waals surface area contributed by atoms with Gasteiger partial charge in [0.1, 0.15) is 11.9 Å². The molecule has 3 N–H and O–H groups in total. The first-order chi connectivity index (χ1) is 8.31. The molecule has 0 radical (unpaired) electrons. The molecule has 1 unspecified atom stereocenters. The van der Waals surface area contributed by atoms with Gasteiger partial charge in [0, 0.05) is 12.5 Å². The molecule has 0 saturated heterocycles. The highest BCUT2D eigenvalue weighted by molar-refractivity contribution is 5.48. The van der Waals surface area contributed by atoms with E-state index in [4.69, 9.17) is 5.73 Å². The lowest BCUT2D eigenvalue weighted by Gasteiger charge is -2.25. The van der Waals surface area contributed by atoms with Gasteiger partial charge < -0.3 is 10.8 Å². The van der Waals surface area contributed by atoms with Crippen molar-refractivity contribution in [2.24, 2.45) is 5.73 Å². The SMILES string of the molecule is NCC(O)c1cccc2cnc(C3CCC3)n12. The molecule has 1 aliphatic carbocycles. The molecule has 3 rings (SSSR count). The van der Waals surface area contributed by atoms with Gasteiger partial charge in [-0.3, -0.25) is 4.40 Å². The number of rotatable bonds is 3. The second kappa shape index (κ2) is 4.13. The minimum Gasteiger partial charge on any atom is -0.386 e. The molecule has 0 aliphatic heterocycles. The quantitative estimate of drug-likeness (QED) is 0.843. The third kappa shape index (κ3) is 1.64. The van der Waals surface area contributed by atoms with E-state index in [2.05, 4.69) is 9.38 Å². The molecule has 2 aromatic heterocycles. The predicted molar refractivity (Wildman–Crippen MR) is 65.8 cm³/mol. The average Bonchev–Trinajstić information content (AvgIpc) is 2.70. The Morgan fingerprint density at radius 3 is 2.94 bits per heavy atom. The van der Waals surface area contributed by atoms with E-state index in [0.717, 1.165) is 17.0 Å². The molecule has 1 aliphatic rings. The van der Waals surface area contributed by atoms with Crippen LogP contribution in [0.15, 0.2) is 24.4 Å². The van der Waals surface area contributed by atoms with Crippen molar-refractivity contribution in [2.75, 3.05) is 6.54 Å². The number of pyridine rings is 1. The summed E-state index contributed by atoms with van der Waals surface area (Å²) in [5.41, 5.74) is 7.44. The van der Waals surface area contributed by atoms with Gasteiger partial charge in [-0.05, 0) is 25.0 Å². The van der Waals surface area contributed by atoms with Gasteiger partial charge in [0.2, 0.25) is 0 Å². The molecule has 0 amide bonds. The van der Waals surface area contributed by atoms with Gasteiger partial charge in [0.25, 0.3) is 0 Å². The van der Waals surface area contributed by atoms with E-state index >= 15 is 0 Å². The van der Waals surface area contributed by atoms with E-state index in [0.29, 0.717) is 5.92 Å². The molecule has 1 saturated carbocycles. The lowest BCUT2D eigenvalue weighted by Crippen LogP contribution is -2.18. The molecule has 90 valence electrons. The number of nitrogens with zero attached hydrogens (tertiary/aromatic N) is 2. The Kier molecular flexibility index (Phi) is 2.61. The topological polar surface area (TPSA) is 63.5 Å². The van der Waals surface area contributed by atoms with E-state index in [-0.39, 0.29) is 6.54 Å². The normalized spacial score (nSPS) is 18.2. The molecule has 2 heterocycles. The minimum atomic E-state index is -0.619. The van der Waals surface area contributed by atoms with Crippen LogP contribution in [0.25, 0.3) is 5.52 Å². The standard InChI is InChI=1S/C13H17N3O/c14-7-12(17)11-6-2-5-10-8-15-13(16(10)11)9-3-1-4-9/h2,5-6,8-9,12,17H,1,3-4,7,14H2. The van der Waals surface area contributed by atoms with Crippen LogP contribution < -0.4 is 5.73 Å². The van der Waals surface area contributed by atoms with Crippen molar-refractivity contribution in [3.05, 3.63) is 35.9 Å². The van der Waals surface area contributed by atoms with Crippen LogP contribution in [0, 0.1) is 0 Å². The van der Waals surface area contributed by atoms with Crippen molar-refractivity contribution in [3.8, 4) is 0 Å². The third-order valence-corrected chi connectivity index (χ3v) is 3.64. The van der Waals surface area contributed by atoms with Crippen LogP contribution in [0.1, 0.15) is 42.8 Å². The molecule has 1 fully saturated rings. The summed E-state index contributed by atoms with van der Waals surface area (Å²) >= 11 is 0. The Morgan fingerprint density at radius 1 is 1.47 bits per heavy atom. The lowest BCUT2D eigenvalue weighted by atomic mass is 9.85. The fraction of sp³-hybridized carbons (Fsp3) is 0.462. The number of aliphatic hydroxyl groups is 1. The number of aliphatic hydroxyl groups excluding tert-OH is 1. The minimum absolute atomic E-state index is 0.238. The summed E-state index contributed by atoms with van der Waals surface area (Å²) in [7, 11) is 0. The Bertz CT molecular complexity index is 530. The van der Waals surface area contributed by atoms with Crippen molar-refractivity contribution in [1.29, 1.82) is 0 Å². The average molecular weight is 231 g/mol. The Hall–Kier alpha value is -1.39. The van der Waals surface area contributed by atoms with Gasteiger partial charge in [0.15, 0.2) is 0 Å². The molecule has 4 nitrogen and oxygen atoms in total. The van der Waals surface area contributed by atoms with Gasteiger partial charge in [-0.2, -0.15) is 0 Å². The van der Waals surface area contributed by atoms with Gasteiger partial charge >= 0.3 is 0 Å². The zero-order valence-electron chi connectivity index (χ0n) is 9.71. The molecule has 2 aromatic rings. The number of hydrogen-bond donors (Lipinski definition) is 2. The van der Waals surface area contributed by atoms with Crippen LogP contribution in [0.3, 0.4) is 0 Å². The van der Waals surface area contributed by atoms with E-state index < -0.39 is 6.10 Å². The first-order valence-corrected chi connectivity index (χ1v) is 6.15. The van der Waals surface area contributed by atoms with E-state index in [1.54, 1.807) is 0 Å².